The lowest BCUT2D eigenvalue weighted by atomic mass is 9.85. The molecule has 2 atom stereocenters. The normalized spacial score (nSPS) is 37.4. The number of fused-ring (bicyclic) bond motifs is 4. The monoisotopic (exact) mass is 204 g/mol. The Kier molecular flexibility index (Phi) is 2.09. The standard InChI is InChI=1S/C13H16S/c1-2-4-11-8-12-9-5-3-6-10(7-9)13(12)14-11/h2,4,8-10H,3,5-7H2,1H3/q-2. The first-order valence-electron chi connectivity index (χ1n) is 5.65. The van der Waals surface area contributed by atoms with Crippen molar-refractivity contribution >= 4 is 11.8 Å². The van der Waals surface area contributed by atoms with Gasteiger partial charge in [0.2, 0.25) is 0 Å². The van der Waals surface area contributed by atoms with Crippen LogP contribution in [0.2, 0.25) is 0 Å². The minimum atomic E-state index is 0.916. The molecule has 0 spiro atoms. The van der Waals surface area contributed by atoms with E-state index in [4.69, 9.17) is 0 Å². The number of hydrogen-bond acceptors (Lipinski definition) is 1. The van der Waals surface area contributed by atoms with Crippen LogP contribution >= 0.6 is 11.8 Å². The fourth-order valence-electron chi connectivity index (χ4n) is 3.03. The maximum Gasteiger partial charge on any atom is -0.0396 e. The molecule has 3 rings (SSSR count). The Balaban J connectivity index is 1.84. The second kappa shape index (κ2) is 3.30. The van der Waals surface area contributed by atoms with Gasteiger partial charge >= 0.3 is 0 Å². The van der Waals surface area contributed by atoms with Crippen LogP contribution in [0.4, 0.5) is 0 Å². The van der Waals surface area contributed by atoms with Crippen molar-refractivity contribution in [2.24, 2.45) is 11.8 Å². The molecule has 0 N–H and O–H groups in total. The first kappa shape index (κ1) is 8.84. The molecule has 14 heavy (non-hydrogen) atoms. The molecule has 1 saturated carbocycles. The van der Waals surface area contributed by atoms with Crippen LogP contribution in [0.25, 0.3) is 0 Å². The Labute approximate surface area is 90.8 Å². The lowest BCUT2D eigenvalue weighted by Gasteiger charge is -2.29. The van der Waals surface area contributed by atoms with Gasteiger partial charge in [-0.3, -0.25) is 23.1 Å². The van der Waals surface area contributed by atoms with Crippen LogP contribution in [0.15, 0.2) is 21.5 Å². The molecular weight excluding hydrogens is 188 g/mol. The summed E-state index contributed by atoms with van der Waals surface area (Å²) in [6.07, 6.45) is 12.6. The smallest absolute Gasteiger partial charge is 0.0396 e. The summed E-state index contributed by atoms with van der Waals surface area (Å²) in [6.45, 7) is 2.10. The fraction of sp³-hybridized carbons (Fsp3) is 0.538. The van der Waals surface area contributed by atoms with E-state index in [9.17, 15) is 0 Å². The van der Waals surface area contributed by atoms with Crippen LogP contribution < -0.4 is 0 Å². The molecule has 2 unspecified atom stereocenters. The van der Waals surface area contributed by atoms with Crippen LogP contribution in [-0.4, -0.2) is 0 Å². The van der Waals surface area contributed by atoms with Crippen LogP contribution in [0.1, 0.15) is 32.6 Å². The summed E-state index contributed by atoms with van der Waals surface area (Å²) >= 11 is 2.04. The molecule has 2 aliphatic carbocycles. The van der Waals surface area contributed by atoms with E-state index >= 15 is 0 Å². The molecule has 76 valence electrons. The van der Waals surface area contributed by atoms with E-state index < -0.39 is 0 Å². The van der Waals surface area contributed by atoms with E-state index in [0.717, 1.165) is 11.8 Å². The van der Waals surface area contributed by atoms with Crippen LogP contribution in [0.3, 0.4) is 0 Å². The van der Waals surface area contributed by atoms with Crippen molar-refractivity contribution in [3.8, 4) is 0 Å². The van der Waals surface area contributed by atoms with Crippen molar-refractivity contribution in [2.45, 2.75) is 32.6 Å². The Bertz CT molecular complexity index is 287. The third-order valence-electron chi connectivity index (χ3n) is 3.63. The summed E-state index contributed by atoms with van der Waals surface area (Å²) in [5.41, 5.74) is 1.70. The maximum atomic E-state index is 2.44. The number of thioether (sulfide) groups is 1. The van der Waals surface area contributed by atoms with Crippen LogP contribution in [0.5, 0.6) is 0 Å². The van der Waals surface area contributed by atoms with Crippen LogP contribution in [-0.2, 0) is 0 Å². The quantitative estimate of drug-likeness (QED) is 0.579. The zero-order valence-electron chi connectivity index (χ0n) is 8.62. The highest BCUT2D eigenvalue weighted by Crippen LogP contribution is 2.58. The summed E-state index contributed by atoms with van der Waals surface area (Å²) in [4.78, 5) is 3.19. The van der Waals surface area contributed by atoms with E-state index in [1.165, 1.54) is 30.6 Å². The van der Waals surface area contributed by atoms with Gasteiger partial charge in [-0.2, -0.15) is 5.57 Å². The van der Waals surface area contributed by atoms with Gasteiger partial charge in [-0.25, -0.2) is 6.42 Å². The fourth-order valence-corrected chi connectivity index (χ4v) is 4.40. The topological polar surface area (TPSA) is 0 Å². The van der Waals surface area contributed by atoms with Crippen molar-refractivity contribution in [3.05, 3.63) is 34.3 Å². The molecule has 0 aromatic rings. The molecule has 0 amide bonds. The molecule has 1 heteroatoms. The highest BCUT2D eigenvalue weighted by atomic mass is 32.2. The second-order valence-electron chi connectivity index (χ2n) is 4.53. The summed E-state index contributed by atoms with van der Waals surface area (Å²) in [5, 5.41) is 0. The summed E-state index contributed by atoms with van der Waals surface area (Å²) in [5.74, 6) is 1.84. The Morgan fingerprint density at radius 3 is 3.14 bits per heavy atom. The zero-order chi connectivity index (χ0) is 9.54. The highest BCUT2D eigenvalue weighted by molar-refractivity contribution is 8.07. The van der Waals surface area contributed by atoms with Gasteiger partial charge in [0, 0.05) is 0 Å². The average molecular weight is 204 g/mol. The van der Waals surface area contributed by atoms with Crippen molar-refractivity contribution < 1.29 is 0 Å². The van der Waals surface area contributed by atoms with Gasteiger partial charge < -0.3 is 6.08 Å². The number of hydrogen-bond donors (Lipinski definition) is 0. The maximum absolute atomic E-state index is 2.44. The predicted molar refractivity (Wildman–Crippen MR) is 62.4 cm³/mol. The largest absolute Gasteiger partial charge is 0.314 e. The zero-order valence-corrected chi connectivity index (χ0v) is 9.44. The summed E-state index contributed by atoms with van der Waals surface area (Å²) in [6, 6.07) is 0. The van der Waals surface area contributed by atoms with Gasteiger partial charge in [-0.05, 0) is 12.3 Å². The molecule has 3 aliphatic rings. The number of allylic oxidation sites excluding steroid dienone is 4. The minimum Gasteiger partial charge on any atom is -0.314 e. The van der Waals surface area contributed by atoms with E-state index in [1.54, 1.807) is 10.5 Å². The predicted octanol–water partition coefficient (Wildman–Crippen LogP) is 4.12. The van der Waals surface area contributed by atoms with Crippen molar-refractivity contribution in [1.29, 1.82) is 0 Å². The molecule has 1 heterocycles. The van der Waals surface area contributed by atoms with Gasteiger partial charge in [0.15, 0.2) is 0 Å². The van der Waals surface area contributed by atoms with E-state index in [1.807, 2.05) is 11.8 Å². The first-order chi connectivity index (χ1) is 6.88. The SMILES string of the molecule is C[CH-]C=C1[CH-]C2=C(S1)C1CCCC2C1. The Hall–Kier alpha value is -0.430. The van der Waals surface area contributed by atoms with Crippen molar-refractivity contribution in [3.63, 3.8) is 0 Å². The summed E-state index contributed by atoms with van der Waals surface area (Å²) in [7, 11) is 0. The average Bonchev–Trinajstić information content (AvgIpc) is 2.70. The van der Waals surface area contributed by atoms with Gasteiger partial charge in [0.05, 0.1) is 0 Å². The van der Waals surface area contributed by atoms with E-state index in [-0.39, 0.29) is 0 Å². The van der Waals surface area contributed by atoms with Crippen LogP contribution in [0, 0.1) is 24.7 Å². The van der Waals surface area contributed by atoms with Gasteiger partial charge in [0.25, 0.3) is 0 Å². The molecule has 1 fully saturated rings. The first-order valence-corrected chi connectivity index (χ1v) is 6.46. The lowest BCUT2D eigenvalue weighted by Crippen LogP contribution is -2.09. The minimum absolute atomic E-state index is 0.916. The van der Waals surface area contributed by atoms with E-state index in [2.05, 4.69) is 25.8 Å². The second-order valence-corrected chi connectivity index (χ2v) is 5.64. The highest BCUT2D eigenvalue weighted by Gasteiger charge is 2.32. The molecule has 1 aliphatic heterocycles. The lowest BCUT2D eigenvalue weighted by molar-refractivity contribution is 0.374. The van der Waals surface area contributed by atoms with Gasteiger partial charge in [-0.1, -0.05) is 25.2 Å². The van der Waals surface area contributed by atoms with Gasteiger partial charge in [0.1, 0.15) is 0 Å². The third kappa shape index (κ3) is 1.22. The van der Waals surface area contributed by atoms with Gasteiger partial charge in [-0.15, -0.1) is 11.8 Å². The molecule has 2 bridgehead atoms. The van der Waals surface area contributed by atoms with Crippen molar-refractivity contribution in [2.75, 3.05) is 0 Å². The molecule has 0 nitrogen and oxygen atoms in total. The third-order valence-corrected chi connectivity index (χ3v) is 4.90. The molecule has 0 radical (unpaired) electrons. The Morgan fingerprint density at radius 1 is 1.43 bits per heavy atom. The van der Waals surface area contributed by atoms with E-state index in [0.29, 0.717) is 0 Å². The number of rotatable bonds is 1. The van der Waals surface area contributed by atoms with Crippen molar-refractivity contribution in [1.82, 2.24) is 0 Å². The molecule has 0 aromatic heterocycles. The Morgan fingerprint density at radius 2 is 2.29 bits per heavy atom. The molecular formula is C13H16S-2. The molecule has 0 saturated heterocycles. The summed E-state index contributed by atoms with van der Waals surface area (Å²) < 4.78 is 0. The molecule has 0 aromatic carbocycles.